The molecule has 0 N–H and O–H groups in total. The van der Waals surface area contributed by atoms with Crippen LogP contribution in [0.3, 0.4) is 0 Å². The number of pyridine rings is 1. The van der Waals surface area contributed by atoms with E-state index < -0.39 is 0 Å². The van der Waals surface area contributed by atoms with Gasteiger partial charge in [0.1, 0.15) is 0 Å². The van der Waals surface area contributed by atoms with Gasteiger partial charge in [0.2, 0.25) is 0 Å². The number of hydrogen-bond acceptors (Lipinski definition) is 5. The molecule has 0 atom stereocenters. The number of nitrogens with zero attached hydrogens (tertiary/aromatic N) is 3. The Hall–Kier alpha value is -1.66. The summed E-state index contributed by atoms with van der Waals surface area (Å²) < 4.78 is 7.52. The molecule has 0 amide bonds. The van der Waals surface area contributed by atoms with Gasteiger partial charge in [0, 0.05) is 24.3 Å². The van der Waals surface area contributed by atoms with E-state index in [1.807, 2.05) is 13.0 Å². The van der Waals surface area contributed by atoms with Crippen LogP contribution in [0.2, 0.25) is 0 Å². The molecule has 0 radical (unpaired) electrons. The standard InChI is InChI=1S/C17H21N3O2S/c1-5-7-23-16-19-14-12(15(21)20(16)6-2)8-11-10-22-17(3,4)9-13(11)18-14/h5,8H,1,6-7,9-10H2,2-4H3. The second-order valence-electron chi connectivity index (χ2n) is 6.23. The van der Waals surface area contributed by atoms with Crippen LogP contribution in [0.1, 0.15) is 32.0 Å². The average molecular weight is 331 g/mol. The van der Waals surface area contributed by atoms with E-state index in [0.29, 0.717) is 35.1 Å². The van der Waals surface area contributed by atoms with E-state index >= 15 is 0 Å². The topological polar surface area (TPSA) is 57.0 Å². The van der Waals surface area contributed by atoms with Crippen molar-refractivity contribution in [3.8, 4) is 0 Å². The van der Waals surface area contributed by atoms with Gasteiger partial charge in [-0.1, -0.05) is 17.8 Å². The minimum absolute atomic E-state index is 0.0378. The number of aromatic nitrogens is 3. The first-order valence-electron chi connectivity index (χ1n) is 7.76. The van der Waals surface area contributed by atoms with Gasteiger partial charge in [-0.2, -0.15) is 0 Å². The third-order valence-corrected chi connectivity index (χ3v) is 4.91. The zero-order valence-electron chi connectivity index (χ0n) is 13.8. The van der Waals surface area contributed by atoms with Gasteiger partial charge in [-0.25, -0.2) is 9.97 Å². The lowest BCUT2D eigenvalue weighted by Crippen LogP contribution is -2.33. The zero-order chi connectivity index (χ0) is 16.6. The molecule has 23 heavy (non-hydrogen) atoms. The first kappa shape index (κ1) is 16.2. The largest absolute Gasteiger partial charge is 0.370 e. The molecule has 2 aromatic rings. The Labute approximate surface area is 139 Å². The van der Waals surface area contributed by atoms with Crippen molar-refractivity contribution in [3.63, 3.8) is 0 Å². The number of ether oxygens (including phenoxy) is 1. The highest BCUT2D eigenvalue weighted by Gasteiger charge is 2.28. The van der Waals surface area contributed by atoms with E-state index in [4.69, 9.17) is 4.74 Å². The van der Waals surface area contributed by atoms with E-state index in [-0.39, 0.29) is 11.2 Å². The predicted octanol–water partition coefficient (Wildman–Crippen LogP) is 2.94. The van der Waals surface area contributed by atoms with Crippen molar-refractivity contribution in [2.24, 2.45) is 0 Å². The van der Waals surface area contributed by atoms with Crippen LogP contribution in [0.4, 0.5) is 0 Å². The van der Waals surface area contributed by atoms with Gasteiger partial charge in [0.05, 0.1) is 23.3 Å². The lowest BCUT2D eigenvalue weighted by Gasteiger charge is -2.31. The quantitative estimate of drug-likeness (QED) is 0.490. The minimum Gasteiger partial charge on any atom is -0.370 e. The fourth-order valence-corrected chi connectivity index (χ4v) is 3.52. The lowest BCUT2D eigenvalue weighted by molar-refractivity contribution is -0.0411. The molecule has 0 bridgehead atoms. The van der Waals surface area contributed by atoms with Gasteiger partial charge in [-0.15, -0.1) is 6.58 Å². The highest BCUT2D eigenvalue weighted by atomic mass is 32.2. The molecule has 0 saturated carbocycles. The molecule has 3 heterocycles. The zero-order valence-corrected chi connectivity index (χ0v) is 14.6. The summed E-state index contributed by atoms with van der Waals surface area (Å²) in [5.41, 5.74) is 2.23. The van der Waals surface area contributed by atoms with Crippen LogP contribution in [0.25, 0.3) is 11.0 Å². The highest BCUT2D eigenvalue weighted by Crippen LogP contribution is 2.28. The smallest absolute Gasteiger partial charge is 0.263 e. The van der Waals surface area contributed by atoms with Gasteiger partial charge in [0.15, 0.2) is 10.8 Å². The fourth-order valence-electron chi connectivity index (χ4n) is 2.74. The van der Waals surface area contributed by atoms with Crippen LogP contribution in [0, 0.1) is 0 Å². The molecule has 2 aromatic heterocycles. The summed E-state index contributed by atoms with van der Waals surface area (Å²) in [7, 11) is 0. The van der Waals surface area contributed by atoms with E-state index in [2.05, 4.69) is 30.4 Å². The minimum atomic E-state index is -0.230. The van der Waals surface area contributed by atoms with Crippen molar-refractivity contribution in [3.05, 3.63) is 40.3 Å². The van der Waals surface area contributed by atoms with Gasteiger partial charge < -0.3 is 4.74 Å². The first-order chi connectivity index (χ1) is 10.9. The number of hydrogen-bond donors (Lipinski definition) is 0. The number of rotatable bonds is 4. The monoisotopic (exact) mass is 331 g/mol. The molecule has 3 rings (SSSR count). The van der Waals surface area contributed by atoms with Crippen molar-refractivity contribution in [2.45, 2.75) is 51.1 Å². The van der Waals surface area contributed by atoms with Crippen LogP contribution >= 0.6 is 11.8 Å². The maximum atomic E-state index is 12.8. The molecule has 0 spiro atoms. The normalized spacial score (nSPS) is 16.3. The maximum absolute atomic E-state index is 12.8. The summed E-state index contributed by atoms with van der Waals surface area (Å²) in [6, 6.07) is 1.90. The SMILES string of the molecule is C=CCSc1nc2nc3c(cc2c(=O)n1CC)COC(C)(C)C3. The molecule has 0 aliphatic carbocycles. The Morgan fingerprint density at radius 3 is 2.96 bits per heavy atom. The Balaban J connectivity index is 2.18. The summed E-state index contributed by atoms with van der Waals surface area (Å²) in [6.45, 7) is 10.9. The molecule has 5 nitrogen and oxygen atoms in total. The third kappa shape index (κ3) is 3.05. The van der Waals surface area contributed by atoms with Gasteiger partial charge in [-0.05, 0) is 26.8 Å². The Bertz CT molecular complexity index is 827. The van der Waals surface area contributed by atoms with Crippen LogP contribution in [-0.2, 0) is 24.3 Å². The summed E-state index contributed by atoms with van der Waals surface area (Å²) in [4.78, 5) is 22.1. The van der Waals surface area contributed by atoms with Crippen LogP contribution in [0.5, 0.6) is 0 Å². The molecule has 1 aliphatic rings. The van der Waals surface area contributed by atoms with E-state index in [9.17, 15) is 4.79 Å². The molecule has 0 aromatic carbocycles. The summed E-state index contributed by atoms with van der Waals surface area (Å²) in [5.74, 6) is 0.712. The van der Waals surface area contributed by atoms with Gasteiger partial charge >= 0.3 is 0 Å². The Morgan fingerprint density at radius 1 is 1.48 bits per heavy atom. The van der Waals surface area contributed by atoms with Crippen molar-refractivity contribution in [2.75, 3.05) is 5.75 Å². The lowest BCUT2D eigenvalue weighted by atomic mass is 9.95. The first-order valence-corrected chi connectivity index (χ1v) is 8.74. The van der Waals surface area contributed by atoms with Gasteiger partial charge in [-0.3, -0.25) is 9.36 Å². The van der Waals surface area contributed by atoms with E-state index in [1.54, 1.807) is 10.6 Å². The Kier molecular flexibility index (Phi) is 4.29. The van der Waals surface area contributed by atoms with Crippen molar-refractivity contribution in [1.82, 2.24) is 14.5 Å². The van der Waals surface area contributed by atoms with E-state index in [0.717, 1.165) is 17.7 Å². The highest BCUT2D eigenvalue weighted by molar-refractivity contribution is 7.99. The summed E-state index contributed by atoms with van der Waals surface area (Å²) in [6.07, 6.45) is 2.53. The Morgan fingerprint density at radius 2 is 2.26 bits per heavy atom. The van der Waals surface area contributed by atoms with Crippen LogP contribution in [-0.4, -0.2) is 25.9 Å². The molecule has 122 valence electrons. The number of fused-ring (bicyclic) bond motifs is 2. The van der Waals surface area contributed by atoms with Crippen molar-refractivity contribution < 1.29 is 4.74 Å². The molecular weight excluding hydrogens is 310 g/mol. The fraction of sp³-hybridized carbons (Fsp3) is 0.471. The molecule has 0 unspecified atom stereocenters. The summed E-state index contributed by atoms with van der Waals surface area (Å²) >= 11 is 1.51. The second kappa shape index (κ2) is 6.09. The molecular formula is C17H21N3O2S. The number of thioether (sulfide) groups is 1. The van der Waals surface area contributed by atoms with Crippen molar-refractivity contribution >= 4 is 22.8 Å². The second-order valence-corrected chi connectivity index (χ2v) is 7.22. The van der Waals surface area contributed by atoms with Gasteiger partial charge in [0.25, 0.3) is 5.56 Å². The van der Waals surface area contributed by atoms with Crippen LogP contribution in [0.15, 0.2) is 28.7 Å². The van der Waals surface area contributed by atoms with Crippen molar-refractivity contribution in [1.29, 1.82) is 0 Å². The molecule has 6 heteroatoms. The molecule has 1 aliphatic heterocycles. The van der Waals surface area contributed by atoms with E-state index in [1.165, 1.54) is 11.8 Å². The predicted molar refractivity (Wildman–Crippen MR) is 93.0 cm³/mol. The summed E-state index contributed by atoms with van der Waals surface area (Å²) in [5, 5.41) is 1.26. The molecule has 0 saturated heterocycles. The van der Waals surface area contributed by atoms with Crippen LogP contribution < -0.4 is 5.56 Å². The average Bonchev–Trinajstić information content (AvgIpc) is 2.50. The maximum Gasteiger partial charge on any atom is 0.263 e. The molecule has 0 fully saturated rings. The third-order valence-electron chi connectivity index (χ3n) is 3.94.